The minimum atomic E-state index is -1.04. The first kappa shape index (κ1) is 17.1. The molecule has 1 aromatic carbocycles. The molecule has 0 aliphatic rings. The fourth-order valence-corrected chi connectivity index (χ4v) is 1.88. The Labute approximate surface area is 124 Å². The van der Waals surface area contributed by atoms with E-state index in [9.17, 15) is 19.8 Å². The van der Waals surface area contributed by atoms with E-state index < -0.39 is 29.4 Å². The first-order chi connectivity index (χ1) is 9.71. The third kappa shape index (κ3) is 5.53. The number of carboxylic acid groups (broad SMARTS) is 2. The molecule has 0 amide bonds. The highest BCUT2D eigenvalue weighted by molar-refractivity contribution is 5.75. The van der Waals surface area contributed by atoms with Gasteiger partial charge < -0.3 is 10.2 Å². The summed E-state index contributed by atoms with van der Waals surface area (Å²) in [6, 6.07) is 7.37. The van der Waals surface area contributed by atoms with Crippen LogP contribution in [0.15, 0.2) is 30.3 Å². The van der Waals surface area contributed by atoms with Crippen LogP contribution in [0.1, 0.15) is 26.3 Å². The third-order valence-electron chi connectivity index (χ3n) is 3.10. The van der Waals surface area contributed by atoms with Crippen molar-refractivity contribution >= 4 is 11.9 Å². The Morgan fingerprint density at radius 2 is 1.62 bits per heavy atom. The average Bonchev–Trinajstić information content (AvgIpc) is 2.36. The summed E-state index contributed by atoms with van der Waals surface area (Å²) in [5.74, 6) is -2.07. The van der Waals surface area contributed by atoms with Crippen molar-refractivity contribution in [2.45, 2.75) is 39.3 Å². The van der Waals surface area contributed by atoms with E-state index >= 15 is 0 Å². The van der Waals surface area contributed by atoms with E-state index in [-0.39, 0.29) is 6.42 Å². The van der Waals surface area contributed by atoms with Gasteiger partial charge >= 0.3 is 11.9 Å². The Hall–Kier alpha value is -1.92. The second-order valence-electron chi connectivity index (χ2n) is 6.01. The minimum Gasteiger partial charge on any atom is -0.480 e. The molecular weight excluding hydrogens is 272 g/mol. The summed E-state index contributed by atoms with van der Waals surface area (Å²) in [4.78, 5) is 22.5. The number of aliphatic carboxylic acids is 2. The van der Waals surface area contributed by atoms with Gasteiger partial charge in [-0.2, -0.15) is 0 Å². The lowest BCUT2D eigenvalue weighted by atomic mass is 9.87. The molecule has 0 heterocycles. The van der Waals surface area contributed by atoms with Crippen molar-refractivity contribution in [2.75, 3.05) is 0 Å². The highest BCUT2D eigenvalue weighted by Gasteiger charge is 2.32. The quantitative estimate of drug-likeness (QED) is 0.565. The molecule has 1 rings (SSSR count). The molecule has 0 unspecified atom stereocenters. The molecule has 0 aliphatic carbocycles. The summed E-state index contributed by atoms with van der Waals surface area (Å²) in [7, 11) is 0. The summed E-state index contributed by atoms with van der Waals surface area (Å²) >= 11 is 0. The van der Waals surface area contributed by atoms with Crippen molar-refractivity contribution in [3.05, 3.63) is 35.9 Å². The first-order valence-corrected chi connectivity index (χ1v) is 6.72. The molecule has 116 valence electrons. The van der Waals surface area contributed by atoms with E-state index in [2.05, 4.69) is 10.9 Å². The van der Waals surface area contributed by atoms with E-state index in [4.69, 9.17) is 0 Å². The zero-order valence-corrected chi connectivity index (χ0v) is 12.5. The molecular formula is C15H22N2O4. The molecule has 6 nitrogen and oxygen atoms in total. The van der Waals surface area contributed by atoms with E-state index in [1.54, 1.807) is 20.8 Å². The summed E-state index contributed by atoms with van der Waals surface area (Å²) in [6.45, 7) is 5.31. The number of benzene rings is 1. The minimum absolute atomic E-state index is 0.264. The zero-order valence-electron chi connectivity index (χ0n) is 12.5. The smallest absolute Gasteiger partial charge is 0.322 e. The van der Waals surface area contributed by atoms with E-state index in [1.165, 1.54) is 0 Å². The fraction of sp³-hybridized carbons (Fsp3) is 0.467. The van der Waals surface area contributed by atoms with Crippen LogP contribution in [0.3, 0.4) is 0 Å². The number of rotatable bonds is 7. The van der Waals surface area contributed by atoms with Gasteiger partial charge in [0.2, 0.25) is 0 Å². The van der Waals surface area contributed by atoms with Crippen LogP contribution in [0.25, 0.3) is 0 Å². The lowest BCUT2D eigenvalue weighted by Crippen LogP contribution is -2.57. The lowest BCUT2D eigenvalue weighted by Gasteiger charge is -2.29. The van der Waals surface area contributed by atoms with Crippen LogP contribution < -0.4 is 10.9 Å². The van der Waals surface area contributed by atoms with Gasteiger partial charge in [-0.05, 0) is 17.4 Å². The first-order valence-electron chi connectivity index (χ1n) is 6.72. The van der Waals surface area contributed by atoms with Gasteiger partial charge in [-0.15, -0.1) is 0 Å². The van der Waals surface area contributed by atoms with E-state index in [0.717, 1.165) is 5.56 Å². The van der Waals surface area contributed by atoms with Crippen molar-refractivity contribution in [2.24, 2.45) is 5.41 Å². The largest absolute Gasteiger partial charge is 0.480 e. The maximum Gasteiger partial charge on any atom is 0.322 e. The van der Waals surface area contributed by atoms with Gasteiger partial charge in [-0.25, -0.2) is 10.9 Å². The molecule has 1 aromatic rings. The molecule has 0 bridgehead atoms. The maximum atomic E-state index is 11.3. The number of carbonyl (C=O) groups is 2. The Balaban J connectivity index is 2.71. The van der Waals surface area contributed by atoms with Crippen molar-refractivity contribution < 1.29 is 19.8 Å². The van der Waals surface area contributed by atoms with Gasteiger partial charge in [-0.1, -0.05) is 51.1 Å². The normalized spacial score (nSPS) is 14.4. The van der Waals surface area contributed by atoms with Crippen LogP contribution in [-0.2, 0) is 16.0 Å². The molecule has 0 aliphatic heterocycles. The topological polar surface area (TPSA) is 98.7 Å². The highest BCUT2D eigenvalue weighted by Crippen LogP contribution is 2.19. The summed E-state index contributed by atoms with van der Waals surface area (Å²) < 4.78 is 0. The van der Waals surface area contributed by atoms with Crippen LogP contribution in [-0.4, -0.2) is 34.2 Å². The second-order valence-corrected chi connectivity index (χ2v) is 6.01. The number of nitrogens with one attached hydrogen (secondary N) is 2. The van der Waals surface area contributed by atoms with Crippen LogP contribution in [0.2, 0.25) is 0 Å². The molecule has 4 N–H and O–H groups in total. The number of carboxylic acids is 2. The van der Waals surface area contributed by atoms with Crippen LogP contribution in [0.5, 0.6) is 0 Å². The highest BCUT2D eigenvalue weighted by atomic mass is 16.4. The molecule has 0 saturated carbocycles. The van der Waals surface area contributed by atoms with E-state index in [0.29, 0.717) is 0 Å². The van der Waals surface area contributed by atoms with Gasteiger partial charge in [0.05, 0.1) is 0 Å². The standard InChI is InChI=1S/C15H22N2O4/c1-15(2,3)12(14(20)21)17-16-11(13(18)19)9-10-7-5-4-6-8-10/h4-8,11-12,16-17H,9H2,1-3H3,(H,18,19)(H,20,21)/t11-,12+/m0/s1. The van der Waals surface area contributed by atoms with Crippen LogP contribution in [0.4, 0.5) is 0 Å². The summed E-state index contributed by atoms with van der Waals surface area (Å²) in [5.41, 5.74) is 5.57. The lowest BCUT2D eigenvalue weighted by molar-refractivity contribution is -0.145. The zero-order chi connectivity index (χ0) is 16.0. The van der Waals surface area contributed by atoms with Crippen molar-refractivity contribution in [3.8, 4) is 0 Å². The SMILES string of the molecule is CC(C)(C)[C@H](NN[C@@H](Cc1ccccc1)C(=O)O)C(=O)O. The fourth-order valence-electron chi connectivity index (χ4n) is 1.88. The average molecular weight is 294 g/mol. The summed E-state index contributed by atoms with van der Waals surface area (Å²) in [6.07, 6.45) is 0.264. The van der Waals surface area contributed by atoms with Gasteiger partial charge in [0.1, 0.15) is 12.1 Å². The number of hydrogen-bond donors (Lipinski definition) is 4. The predicted octanol–water partition coefficient (Wildman–Crippen LogP) is 1.28. The number of hydrazine groups is 1. The molecule has 21 heavy (non-hydrogen) atoms. The molecule has 6 heteroatoms. The number of hydrogen-bond acceptors (Lipinski definition) is 4. The van der Waals surface area contributed by atoms with Crippen LogP contribution in [0, 0.1) is 5.41 Å². The molecule has 0 spiro atoms. The predicted molar refractivity (Wildman–Crippen MR) is 78.7 cm³/mol. The van der Waals surface area contributed by atoms with Crippen molar-refractivity contribution in [1.29, 1.82) is 0 Å². The Kier molecular flexibility index (Phi) is 5.87. The Morgan fingerprint density at radius 3 is 2.05 bits per heavy atom. The van der Waals surface area contributed by atoms with Crippen LogP contribution >= 0.6 is 0 Å². The van der Waals surface area contributed by atoms with Gasteiger partial charge in [0, 0.05) is 0 Å². The maximum absolute atomic E-state index is 11.3. The Bertz CT molecular complexity index is 482. The molecule has 0 fully saturated rings. The van der Waals surface area contributed by atoms with Crippen molar-refractivity contribution in [1.82, 2.24) is 10.9 Å². The molecule has 0 saturated heterocycles. The van der Waals surface area contributed by atoms with Gasteiger partial charge in [0.25, 0.3) is 0 Å². The molecule has 0 aromatic heterocycles. The van der Waals surface area contributed by atoms with Gasteiger partial charge in [-0.3, -0.25) is 9.59 Å². The Morgan fingerprint density at radius 1 is 1.05 bits per heavy atom. The molecule has 2 atom stereocenters. The van der Waals surface area contributed by atoms with Crippen molar-refractivity contribution in [3.63, 3.8) is 0 Å². The van der Waals surface area contributed by atoms with E-state index in [1.807, 2.05) is 30.3 Å². The third-order valence-corrected chi connectivity index (χ3v) is 3.10. The van der Waals surface area contributed by atoms with Gasteiger partial charge in [0.15, 0.2) is 0 Å². The summed E-state index contributed by atoms with van der Waals surface area (Å²) in [5, 5.41) is 18.4. The second kappa shape index (κ2) is 7.19. The molecule has 0 radical (unpaired) electrons. The monoisotopic (exact) mass is 294 g/mol.